The maximum Gasteiger partial charge on any atom is 0.161 e. The smallest absolute Gasteiger partial charge is 0.161 e. The van der Waals surface area contributed by atoms with Gasteiger partial charge in [-0.25, -0.2) is 0 Å². The van der Waals surface area contributed by atoms with Crippen LogP contribution < -0.4 is 9.47 Å². The predicted molar refractivity (Wildman–Crippen MR) is 90.4 cm³/mol. The van der Waals surface area contributed by atoms with Gasteiger partial charge in [0.1, 0.15) is 19.0 Å². The van der Waals surface area contributed by atoms with E-state index in [4.69, 9.17) is 9.47 Å². The number of Topliss-reactive ketones (excluding diaryl/α,β-unsaturated/α-hetero) is 1. The minimum absolute atomic E-state index is 0.123. The normalized spacial score (nSPS) is 18.5. The number of benzene rings is 2. The highest BCUT2D eigenvalue weighted by molar-refractivity contribution is 5.85. The molecule has 1 aliphatic carbocycles. The third-order valence-corrected chi connectivity index (χ3v) is 4.20. The maximum atomic E-state index is 12.1. The summed E-state index contributed by atoms with van der Waals surface area (Å²) in [6, 6.07) is 14.3. The van der Waals surface area contributed by atoms with Crippen LogP contribution in [-0.4, -0.2) is 19.0 Å². The number of carbonyl (C=O) groups is 1. The minimum Gasteiger partial charge on any atom is -0.486 e. The molecule has 0 radical (unpaired) electrons. The Morgan fingerprint density at radius 2 is 1.61 bits per heavy atom. The number of ketones is 1. The van der Waals surface area contributed by atoms with Gasteiger partial charge in [0.05, 0.1) is 0 Å². The molecule has 0 aromatic heterocycles. The Balaban J connectivity index is 0.000000753. The number of fused-ring (bicyclic) bond motifs is 2. The number of carbonyl (C=O) groups excluding carboxylic acids is 1. The monoisotopic (exact) mass is 310 g/mol. The largest absolute Gasteiger partial charge is 0.486 e. The van der Waals surface area contributed by atoms with Gasteiger partial charge in [-0.2, -0.15) is 0 Å². The zero-order valence-corrected chi connectivity index (χ0v) is 13.7. The highest BCUT2D eigenvalue weighted by Crippen LogP contribution is 2.42. The van der Waals surface area contributed by atoms with Gasteiger partial charge in [-0.1, -0.05) is 44.2 Å². The fourth-order valence-electron chi connectivity index (χ4n) is 3.23. The second kappa shape index (κ2) is 6.86. The third kappa shape index (κ3) is 3.09. The molecular weight excluding hydrogens is 288 g/mol. The van der Waals surface area contributed by atoms with Crippen molar-refractivity contribution in [2.45, 2.75) is 32.6 Å². The molecular formula is C20H22O3. The van der Waals surface area contributed by atoms with Crippen molar-refractivity contribution < 1.29 is 14.3 Å². The Kier molecular flexibility index (Phi) is 4.65. The lowest BCUT2D eigenvalue weighted by Gasteiger charge is -2.28. The first-order valence-corrected chi connectivity index (χ1v) is 8.30. The van der Waals surface area contributed by atoms with Crippen LogP contribution in [0.5, 0.6) is 11.5 Å². The molecule has 3 heteroatoms. The number of hydrogen-bond donors (Lipinski definition) is 0. The van der Waals surface area contributed by atoms with Gasteiger partial charge in [0.25, 0.3) is 0 Å². The van der Waals surface area contributed by atoms with Crippen molar-refractivity contribution in [3.05, 3.63) is 59.2 Å². The second-order valence-corrected chi connectivity index (χ2v) is 5.58. The number of rotatable bonds is 1. The van der Waals surface area contributed by atoms with E-state index in [1.165, 1.54) is 11.1 Å². The summed E-state index contributed by atoms with van der Waals surface area (Å²) in [6.07, 6.45) is 1.06. The summed E-state index contributed by atoms with van der Waals surface area (Å²) in [7, 11) is 0. The first-order chi connectivity index (χ1) is 11.3. The summed E-state index contributed by atoms with van der Waals surface area (Å²) in [5.41, 5.74) is 3.46. The van der Waals surface area contributed by atoms with Gasteiger partial charge < -0.3 is 9.47 Å². The maximum absolute atomic E-state index is 12.1. The van der Waals surface area contributed by atoms with Gasteiger partial charge >= 0.3 is 0 Å². The molecule has 2 aromatic rings. The zero-order valence-electron chi connectivity index (χ0n) is 13.7. The van der Waals surface area contributed by atoms with Gasteiger partial charge in [0, 0.05) is 18.8 Å². The van der Waals surface area contributed by atoms with E-state index in [0.717, 1.165) is 17.1 Å². The van der Waals surface area contributed by atoms with Crippen LogP contribution in [0.15, 0.2) is 42.5 Å². The lowest BCUT2D eigenvalue weighted by atomic mass is 9.78. The highest BCUT2D eigenvalue weighted by atomic mass is 16.6. The summed E-state index contributed by atoms with van der Waals surface area (Å²) in [5, 5.41) is 0. The van der Waals surface area contributed by atoms with E-state index in [1.54, 1.807) is 0 Å². The summed E-state index contributed by atoms with van der Waals surface area (Å²) < 4.78 is 11.3. The van der Waals surface area contributed by atoms with Gasteiger partial charge in [-0.05, 0) is 28.8 Å². The van der Waals surface area contributed by atoms with E-state index in [-0.39, 0.29) is 11.7 Å². The van der Waals surface area contributed by atoms with Crippen molar-refractivity contribution in [2.75, 3.05) is 13.2 Å². The SMILES string of the molecule is CC.O=C1Cc2cc3c(cc2C(c2ccccc2)C1)OCCO3. The Hall–Kier alpha value is -2.29. The van der Waals surface area contributed by atoms with E-state index in [9.17, 15) is 4.79 Å². The molecule has 0 amide bonds. The molecule has 23 heavy (non-hydrogen) atoms. The summed E-state index contributed by atoms with van der Waals surface area (Å²) in [6.45, 7) is 5.16. The number of ether oxygens (including phenoxy) is 2. The lowest BCUT2D eigenvalue weighted by Crippen LogP contribution is -2.21. The molecule has 0 saturated carbocycles. The van der Waals surface area contributed by atoms with Crippen LogP contribution in [0.3, 0.4) is 0 Å². The Labute approximate surface area is 137 Å². The molecule has 2 aromatic carbocycles. The first kappa shape index (κ1) is 15.6. The second-order valence-electron chi connectivity index (χ2n) is 5.58. The standard InChI is InChI=1S/C18H16O3.C2H6/c19-14-8-13-9-17-18(21-7-6-20-17)11-16(13)15(10-14)12-4-2-1-3-5-12;1-2/h1-5,9,11,15H,6-8,10H2;1-2H3. The molecule has 0 saturated heterocycles. The van der Waals surface area contributed by atoms with Gasteiger partial charge in [-0.15, -0.1) is 0 Å². The van der Waals surface area contributed by atoms with Crippen molar-refractivity contribution in [2.24, 2.45) is 0 Å². The van der Waals surface area contributed by atoms with Crippen LogP contribution >= 0.6 is 0 Å². The van der Waals surface area contributed by atoms with Crippen LogP contribution in [0.4, 0.5) is 0 Å². The van der Waals surface area contributed by atoms with Gasteiger partial charge in [0.2, 0.25) is 0 Å². The van der Waals surface area contributed by atoms with E-state index < -0.39 is 0 Å². The highest BCUT2D eigenvalue weighted by Gasteiger charge is 2.29. The molecule has 1 unspecified atom stereocenters. The molecule has 0 fully saturated rings. The third-order valence-electron chi connectivity index (χ3n) is 4.20. The molecule has 1 heterocycles. The van der Waals surface area contributed by atoms with Crippen molar-refractivity contribution in [1.82, 2.24) is 0 Å². The molecule has 2 aliphatic rings. The van der Waals surface area contributed by atoms with Crippen LogP contribution in [0.25, 0.3) is 0 Å². The van der Waals surface area contributed by atoms with Crippen LogP contribution in [0.1, 0.15) is 42.9 Å². The molecule has 4 rings (SSSR count). The number of hydrogen-bond acceptors (Lipinski definition) is 3. The van der Waals surface area contributed by atoms with Crippen LogP contribution in [0.2, 0.25) is 0 Å². The van der Waals surface area contributed by atoms with Crippen LogP contribution in [-0.2, 0) is 11.2 Å². The fourth-order valence-corrected chi connectivity index (χ4v) is 3.23. The van der Waals surface area contributed by atoms with E-state index in [2.05, 4.69) is 18.2 Å². The lowest BCUT2D eigenvalue weighted by molar-refractivity contribution is -0.119. The average Bonchev–Trinajstić information content (AvgIpc) is 2.62. The minimum atomic E-state index is 0.123. The fraction of sp³-hybridized carbons (Fsp3) is 0.350. The van der Waals surface area contributed by atoms with Crippen molar-refractivity contribution in [3.8, 4) is 11.5 Å². The Morgan fingerprint density at radius 1 is 0.957 bits per heavy atom. The van der Waals surface area contributed by atoms with Crippen molar-refractivity contribution in [3.63, 3.8) is 0 Å². The molecule has 0 N–H and O–H groups in total. The average molecular weight is 310 g/mol. The molecule has 1 aliphatic heterocycles. The first-order valence-electron chi connectivity index (χ1n) is 8.30. The van der Waals surface area contributed by atoms with Crippen LogP contribution in [0, 0.1) is 0 Å². The Morgan fingerprint density at radius 3 is 2.30 bits per heavy atom. The summed E-state index contributed by atoms with van der Waals surface area (Å²) >= 11 is 0. The zero-order chi connectivity index (χ0) is 16.2. The molecule has 120 valence electrons. The van der Waals surface area contributed by atoms with E-state index >= 15 is 0 Å². The predicted octanol–water partition coefficient (Wildman–Crippen LogP) is 4.13. The topological polar surface area (TPSA) is 35.5 Å². The van der Waals surface area contributed by atoms with Crippen molar-refractivity contribution >= 4 is 5.78 Å². The summed E-state index contributed by atoms with van der Waals surface area (Å²) in [4.78, 5) is 12.1. The van der Waals surface area contributed by atoms with Gasteiger partial charge in [-0.3, -0.25) is 4.79 Å². The summed E-state index contributed by atoms with van der Waals surface area (Å²) in [5.74, 6) is 1.98. The van der Waals surface area contributed by atoms with Gasteiger partial charge in [0.15, 0.2) is 11.5 Å². The molecule has 0 bridgehead atoms. The Bertz CT molecular complexity index is 692. The molecule has 1 atom stereocenters. The molecule has 0 spiro atoms. The molecule has 3 nitrogen and oxygen atoms in total. The van der Waals surface area contributed by atoms with E-state index in [1.807, 2.05) is 38.1 Å². The van der Waals surface area contributed by atoms with E-state index in [0.29, 0.717) is 26.1 Å². The quantitative estimate of drug-likeness (QED) is 0.794. The van der Waals surface area contributed by atoms with Crippen molar-refractivity contribution in [1.29, 1.82) is 0 Å².